The summed E-state index contributed by atoms with van der Waals surface area (Å²) in [5, 5.41) is 11.9. The molecule has 2 aromatic carbocycles. The van der Waals surface area contributed by atoms with Crippen LogP contribution in [0.3, 0.4) is 0 Å². The lowest BCUT2D eigenvalue weighted by molar-refractivity contribution is 0.306. The van der Waals surface area contributed by atoms with E-state index in [2.05, 4.69) is 23.4 Å². The summed E-state index contributed by atoms with van der Waals surface area (Å²) in [5.41, 5.74) is 5.67. The molecule has 0 saturated heterocycles. The van der Waals surface area contributed by atoms with E-state index in [0.29, 0.717) is 12.3 Å². The molecular formula is C18H19NO2. The molecule has 21 heavy (non-hydrogen) atoms. The summed E-state index contributed by atoms with van der Waals surface area (Å²) in [6.07, 6.45) is 3.67. The molecular weight excluding hydrogens is 262 g/mol. The third-order valence-corrected chi connectivity index (χ3v) is 3.99. The average Bonchev–Trinajstić information content (AvgIpc) is 3.00. The van der Waals surface area contributed by atoms with Gasteiger partial charge in [0.15, 0.2) is 0 Å². The van der Waals surface area contributed by atoms with Gasteiger partial charge in [-0.3, -0.25) is 0 Å². The van der Waals surface area contributed by atoms with Crippen molar-refractivity contribution in [2.24, 2.45) is 5.16 Å². The third-order valence-electron chi connectivity index (χ3n) is 3.99. The zero-order chi connectivity index (χ0) is 14.7. The Bertz CT molecular complexity index is 659. The zero-order valence-electron chi connectivity index (χ0n) is 12.2. The van der Waals surface area contributed by atoms with Crippen molar-refractivity contribution in [1.82, 2.24) is 0 Å². The van der Waals surface area contributed by atoms with E-state index in [9.17, 15) is 0 Å². The van der Waals surface area contributed by atoms with Crippen LogP contribution in [0.25, 0.3) is 0 Å². The second-order valence-corrected chi connectivity index (χ2v) is 5.46. The summed E-state index contributed by atoms with van der Waals surface area (Å²) < 4.78 is 5.82. The van der Waals surface area contributed by atoms with Crippen LogP contribution in [0.1, 0.15) is 35.6 Å². The summed E-state index contributed by atoms with van der Waals surface area (Å²) in [7, 11) is 0. The van der Waals surface area contributed by atoms with Gasteiger partial charge in [0, 0.05) is 0 Å². The molecule has 0 bridgehead atoms. The molecule has 3 rings (SSSR count). The molecule has 0 aliphatic heterocycles. The molecule has 0 radical (unpaired) electrons. The summed E-state index contributed by atoms with van der Waals surface area (Å²) in [5.74, 6) is 0.824. The third kappa shape index (κ3) is 3.07. The fourth-order valence-electron chi connectivity index (χ4n) is 2.73. The Morgan fingerprint density at radius 3 is 2.62 bits per heavy atom. The van der Waals surface area contributed by atoms with Crippen LogP contribution in [0, 0.1) is 0 Å². The molecule has 0 aromatic heterocycles. The van der Waals surface area contributed by atoms with E-state index in [-0.39, 0.29) is 0 Å². The van der Waals surface area contributed by atoms with Crippen LogP contribution >= 0.6 is 0 Å². The number of hydrogen-bond donors (Lipinski definition) is 1. The van der Waals surface area contributed by atoms with Gasteiger partial charge in [-0.2, -0.15) is 0 Å². The Morgan fingerprint density at radius 1 is 1.10 bits per heavy atom. The maximum absolute atomic E-state index is 8.74. The number of hydrogen-bond acceptors (Lipinski definition) is 3. The first kappa shape index (κ1) is 13.7. The molecule has 0 spiro atoms. The molecule has 1 aliphatic rings. The number of aryl methyl sites for hydroxylation is 2. The number of nitrogens with zero attached hydrogens (tertiary/aromatic N) is 1. The van der Waals surface area contributed by atoms with Crippen molar-refractivity contribution in [2.45, 2.75) is 32.8 Å². The minimum atomic E-state index is 0.583. The molecule has 3 nitrogen and oxygen atoms in total. The van der Waals surface area contributed by atoms with Gasteiger partial charge < -0.3 is 9.94 Å². The fourth-order valence-corrected chi connectivity index (χ4v) is 2.73. The predicted octanol–water partition coefficient (Wildman–Crippen LogP) is 3.95. The standard InChI is InChI=1S/C18H19NO2/c1-13(19-20)15-7-9-18(10-8-15)21-12-14-5-6-16-3-2-4-17(16)11-14/h5-11,20H,2-4,12H2,1H3. The minimum absolute atomic E-state index is 0.583. The molecule has 0 saturated carbocycles. The van der Waals surface area contributed by atoms with Gasteiger partial charge in [0.2, 0.25) is 0 Å². The quantitative estimate of drug-likeness (QED) is 0.524. The van der Waals surface area contributed by atoms with Crippen molar-refractivity contribution in [3.63, 3.8) is 0 Å². The molecule has 0 heterocycles. The topological polar surface area (TPSA) is 41.8 Å². The second kappa shape index (κ2) is 6.00. The second-order valence-electron chi connectivity index (χ2n) is 5.46. The molecule has 1 aliphatic carbocycles. The maximum atomic E-state index is 8.74. The van der Waals surface area contributed by atoms with Crippen LogP contribution in [0.15, 0.2) is 47.6 Å². The SMILES string of the molecule is CC(=NO)c1ccc(OCc2ccc3c(c2)CCC3)cc1. The van der Waals surface area contributed by atoms with Crippen LogP contribution in [0.4, 0.5) is 0 Å². The van der Waals surface area contributed by atoms with Crippen molar-refractivity contribution in [2.75, 3.05) is 0 Å². The number of fused-ring (bicyclic) bond motifs is 1. The Kier molecular flexibility index (Phi) is 3.91. The zero-order valence-corrected chi connectivity index (χ0v) is 12.2. The van der Waals surface area contributed by atoms with Gasteiger partial charge in [-0.05, 0) is 72.7 Å². The van der Waals surface area contributed by atoms with Gasteiger partial charge in [0.25, 0.3) is 0 Å². The molecule has 1 N–H and O–H groups in total. The largest absolute Gasteiger partial charge is 0.489 e. The molecule has 0 amide bonds. The minimum Gasteiger partial charge on any atom is -0.489 e. The molecule has 2 aromatic rings. The summed E-state index contributed by atoms with van der Waals surface area (Å²) in [6.45, 7) is 2.35. The van der Waals surface area contributed by atoms with E-state index < -0.39 is 0 Å². The van der Waals surface area contributed by atoms with Gasteiger partial charge in [0.1, 0.15) is 12.4 Å². The van der Waals surface area contributed by atoms with Gasteiger partial charge in [-0.15, -0.1) is 0 Å². The van der Waals surface area contributed by atoms with Crippen LogP contribution in [0.2, 0.25) is 0 Å². The molecule has 108 valence electrons. The number of benzene rings is 2. The highest BCUT2D eigenvalue weighted by Gasteiger charge is 2.10. The van der Waals surface area contributed by atoms with Crippen LogP contribution in [-0.4, -0.2) is 10.9 Å². The highest BCUT2D eigenvalue weighted by atomic mass is 16.5. The Morgan fingerprint density at radius 2 is 1.86 bits per heavy atom. The fraction of sp³-hybridized carbons (Fsp3) is 0.278. The normalized spacial score (nSPS) is 14.0. The van der Waals surface area contributed by atoms with Crippen molar-refractivity contribution in [1.29, 1.82) is 0 Å². The van der Waals surface area contributed by atoms with E-state index in [0.717, 1.165) is 11.3 Å². The van der Waals surface area contributed by atoms with Crippen LogP contribution in [-0.2, 0) is 19.4 Å². The highest BCUT2D eigenvalue weighted by Crippen LogP contribution is 2.23. The van der Waals surface area contributed by atoms with E-state index in [1.54, 1.807) is 6.92 Å². The Hall–Kier alpha value is -2.29. The average molecular weight is 281 g/mol. The number of rotatable bonds is 4. The van der Waals surface area contributed by atoms with Crippen LogP contribution in [0.5, 0.6) is 5.75 Å². The van der Waals surface area contributed by atoms with Crippen molar-refractivity contribution in [3.05, 3.63) is 64.7 Å². The molecule has 0 unspecified atom stereocenters. The van der Waals surface area contributed by atoms with Crippen molar-refractivity contribution < 1.29 is 9.94 Å². The number of oxime groups is 1. The van der Waals surface area contributed by atoms with Gasteiger partial charge in [-0.25, -0.2) is 0 Å². The maximum Gasteiger partial charge on any atom is 0.119 e. The highest BCUT2D eigenvalue weighted by molar-refractivity contribution is 5.98. The van der Waals surface area contributed by atoms with E-state index in [1.165, 1.54) is 36.0 Å². The smallest absolute Gasteiger partial charge is 0.119 e. The summed E-state index contributed by atoms with van der Waals surface area (Å²) in [4.78, 5) is 0. The Balaban J connectivity index is 1.65. The monoisotopic (exact) mass is 281 g/mol. The predicted molar refractivity (Wildman–Crippen MR) is 83.2 cm³/mol. The molecule has 3 heteroatoms. The van der Waals surface area contributed by atoms with E-state index in [4.69, 9.17) is 9.94 Å². The van der Waals surface area contributed by atoms with Gasteiger partial charge >= 0.3 is 0 Å². The van der Waals surface area contributed by atoms with Crippen molar-refractivity contribution in [3.8, 4) is 5.75 Å². The van der Waals surface area contributed by atoms with E-state index >= 15 is 0 Å². The first-order valence-corrected chi connectivity index (χ1v) is 7.29. The lowest BCUT2D eigenvalue weighted by atomic mass is 10.1. The Labute approximate surface area is 124 Å². The van der Waals surface area contributed by atoms with Gasteiger partial charge in [0.05, 0.1) is 5.71 Å². The molecule has 0 atom stereocenters. The first-order chi connectivity index (χ1) is 10.3. The van der Waals surface area contributed by atoms with Gasteiger partial charge in [-0.1, -0.05) is 23.4 Å². The molecule has 0 fully saturated rings. The van der Waals surface area contributed by atoms with Crippen LogP contribution < -0.4 is 4.74 Å². The van der Waals surface area contributed by atoms with Crippen molar-refractivity contribution >= 4 is 5.71 Å². The first-order valence-electron chi connectivity index (χ1n) is 7.29. The lowest BCUT2D eigenvalue weighted by Gasteiger charge is -2.08. The lowest BCUT2D eigenvalue weighted by Crippen LogP contribution is -1.98. The summed E-state index contributed by atoms with van der Waals surface area (Å²) in [6, 6.07) is 14.2. The number of ether oxygens (including phenoxy) is 1. The van der Waals surface area contributed by atoms with E-state index in [1.807, 2.05) is 24.3 Å². The summed E-state index contributed by atoms with van der Waals surface area (Å²) >= 11 is 0.